The van der Waals surface area contributed by atoms with Crippen molar-refractivity contribution in [3.05, 3.63) is 75.0 Å². The fourth-order valence-corrected chi connectivity index (χ4v) is 6.74. The van der Waals surface area contributed by atoms with Gasteiger partial charge in [0.1, 0.15) is 11.6 Å². The van der Waals surface area contributed by atoms with E-state index in [0.29, 0.717) is 48.9 Å². The molecule has 0 spiro atoms. The van der Waals surface area contributed by atoms with Crippen LogP contribution in [-0.2, 0) is 11.3 Å². The maximum Gasteiger partial charge on any atom is 0.337 e. The second-order valence-corrected chi connectivity index (χ2v) is 12.0. The summed E-state index contributed by atoms with van der Waals surface area (Å²) in [6, 6.07) is 11.3. The van der Waals surface area contributed by atoms with Gasteiger partial charge in [-0.3, -0.25) is 4.79 Å². The number of rotatable bonds is 6. The highest BCUT2D eigenvalue weighted by Crippen LogP contribution is 2.41. The predicted octanol–water partition coefficient (Wildman–Crippen LogP) is 5.54. The second-order valence-electron chi connectivity index (χ2n) is 11.2. The zero-order valence-corrected chi connectivity index (χ0v) is 25.4. The highest BCUT2D eigenvalue weighted by Gasteiger charge is 2.30. The van der Waals surface area contributed by atoms with E-state index in [9.17, 15) is 19.8 Å². The highest BCUT2D eigenvalue weighted by molar-refractivity contribution is 6.40. The molecular weight excluding hydrogens is 612 g/mol. The minimum absolute atomic E-state index is 0.114. The van der Waals surface area contributed by atoms with Crippen LogP contribution in [0.2, 0.25) is 10.0 Å². The van der Waals surface area contributed by atoms with Crippen molar-refractivity contribution in [3.8, 4) is 16.9 Å². The van der Waals surface area contributed by atoms with Crippen LogP contribution in [0.5, 0.6) is 5.75 Å². The largest absolute Gasteiger partial charge is 0.478 e. The topological polar surface area (TPSA) is 103 Å². The van der Waals surface area contributed by atoms with Gasteiger partial charge in [-0.05, 0) is 43.0 Å². The van der Waals surface area contributed by atoms with E-state index in [1.165, 1.54) is 4.90 Å². The fraction of sp³-hybridized carbons (Fsp3) is 0.375. The molecule has 0 aromatic heterocycles. The molecule has 44 heavy (non-hydrogen) atoms. The van der Waals surface area contributed by atoms with Crippen LogP contribution < -0.4 is 14.5 Å². The van der Waals surface area contributed by atoms with Crippen molar-refractivity contribution in [2.75, 3.05) is 62.5 Å². The maximum atomic E-state index is 15.5. The Bertz CT molecular complexity index is 1570. The third kappa shape index (κ3) is 5.91. The number of fused-ring (bicyclic) bond motifs is 1. The third-order valence-corrected chi connectivity index (χ3v) is 9.14. The van der Waals surface area contributed by atoms with E-state index in [4.69, 9.17) is 32.7 Å². The number of carboxylic acids is 1. The van der Waals surface area contributed by atoms with E-state index < -0.39 is 17.7 Å². The summed E-state index contributed by atoms with van der Waals surface area (Å²) in [5.74, 6) is -1.59. The molecule has 0 radical (unpaired) electrons. The molecule has 0 aliphatic carbocycles. The van der Waals surface area contributed by atoms with Gasteiger partial charge >= 0.3 is 5.97 Å². The van der Waals surface area contributed by atoms with Gasteiger partial charge in [0.25, 0.3) is 5.91 Å². The van der Waals surface area contributed by atoms with E-state index in [2.05, 4.69) is 4.90 Å². The van der Waals surface area contributed by atoms with Crippen molar-refractivity contribution >= 4 is 46.5 Å². The van der Waals surface area contributed by atoms with Crippen molar-refractivity contribution < 1.29 is 33.7 Å². The number of hydrogen-bond acceptors (Lipinski definition) is 7. The minimum Gasteiger partial charge on any atom is -0.478 e. The number of ether oxygens (including phenoxy) is 2. The van der Waals surface area contributed by atoms with Crippen LogP contribution in [0.3, 0.4) is 0 Å². The molecule has 6 rings (SSSR count). The number of piperidine rings is 1. The molecule has 3 aromatic carbocycles. The molecule has 0 unspecified atom stereocenters. The number of amides is 1. The Morgan fingerprint density at radius 2 is 1.66 bits per heavy atom. The number of aliphatic hydroxyl groups is 1. The Balaban J connectivity index is 1.26. The van der Waals surface area contributed by atoms with E-state index in [0.717, 1.165) is 37.7 Å². The van der Waals surface area contributed by atoms with Crippen LogP contribution in [0.4, 0.5) is 15.8 Å². The number of carbonyl (C=O) groups is 2. The van der Waals surface area contributed by atoms with E-state index in [-0.39, 0.29) is 52.5 Å². The lowest BCUT2D eigenvalue weighted by atomic mass is 9.97. The second kappa shape index (κ2) is 12.8. The van der Waals surface area contributed by atoms with E-state index >= 15 is 4.39 Å². The summed E-state index contributed by atoms with van der Waals surface area (Å²) < 4.78 is 26.9. The third-order valence-electron chi connectivity index (χ3n) is 8.55. The number of para-hydroxylation sites is 1. The zero-order chi connectivity index (χ0) is 31.0. The van der Waals surface area contributed by atoms with Crippen LogP contribution in [0.25, 0.3) is 11.1 Å². The number of anilines is 2. The lowest BCUT2D eigenvalue weighted by molar-refractivity contribution is 0.0516. The summed E-state index contributed by atoms with van der Waals surface area (Å²) in [6.45, 7) is 3.62. The van der Waals surface area contributed by atoms with Crippen molar-refractivity contribution in [2.24, 2.45) is 5.92 Å². The van der Waals surface area contributed by atoms with Gasteiger partial charge in [0.15, 0.2) is 6.73 Å². The Labute approximate surface area is 264 Å². The number of morpholine rings is 1. The number of halogens is 3. The molecule has 0 bridgehead atoms. The standard InChI is InChI=1S/C32H32Cl2FN3O6/c33-25-12-21(36-6-4-19(17-39)5-7-36)13-26(34)29(25)31(40)38-16-20-2-1-3-22(30(20)44-18-38)23-15-28(37-8-10-43-11-9-37)24(32(41)42)14-27(23)35/h1-3,12-15,19,39H,4-11,16-18H2,(H,41,42). The molecule has 3 aromatic rings. The molecule has 1 amide bonds. The molecule has 9 nitrogen and oxygen atoms in total. The maximum absolute atomic E-state index is 15.5. The first-order chi connectivity index (χ1) is 21.2. The van der Waals surface area contributed by atoms with Crippen LogP contribution in [0, 0.1) is 11.7 Å². The average molecular weight is 645 g/mol. The lowest BCUT2D eigenvalue weighted by Gasteiger charge is -2.34. The summed E-state index contributed by atoms with van der Waals surface area (Å²) in [6.07, 6.45) is 1.72. The summed E-state index contributed by atoms with van der Waals surface area (Å²) in [5, 5.41) is 19.7. The van der Waals surface area contributed by atoms with Crippen molar-refractivity contribution in [1.29, 1.82) is 0 Å². The van der Waals surface area contributed by atoms with Gasteiger partial charge in [-0.15, -0.1) is 0 Å². The van der Waals surface area contributed by atoms with Gasteiger partial charge in [-0.25, -0.2) is 9.18 Å². The molecular formula is C32H32Cl2FN3O6. The molecule has 2 N–H and O–H groups in total. The van der Waals surface area contributed by atoms with Gasteiger partial charge in [0, 0.05) is 55.2 Å². The molecule has 232 valence electrons. The van der Waals surface area contributed by atoms with Crippen LogP contribution in [0.15, 0.2) is 42.5 Å². The van der Waals surface area contributed by atoms with E-state index in [1.807, 2.05) is 4.90 Å². The molecule has 0 saturated carbocycles. The molecule has 0 atom stereocenters. The van der Waals surface area contributed by atoms with Crippen LogP contribution in [0.1, 0.15) is 39.1 Å². The molecule has 3 aliphatic rings. The first kappa shape index (κ1) is 30.5. The van der Waals surface area contributed by atoms with Gasteiger partial charge < -0.3 is 34.4 Å². The van der Waals surface area contributed by atoms with Gasteiger partial charge in [-0.2, -0.15) is 0 Å². The Morgan fingerprint density at radius 1 is 0.955 bits per heavy atom. The van der Waals surface area contributed by atoms with Gasteiger partial charge in [-0.1, -0.05) is 41.4 Å². The number of aliphatic hydroxyl groups excluding tert-OH is 1. The highest BCUT2D eigenvalue weighted by atomic mass is 35.5. The average Bonchev–Trinajstić information content (AvgIpc) is 3.04. The summed E-state index contributed by atoms with van der Waals surface area (Å²) >= 11 is 13.3. The Hall–Kier alpha value is -3.57. The number of nitrogens with zero attached hydrogens (tertiary/aromatic N) is 3. The summed E-state index contributed by atoms with van der Waals surface area (Å²) in [7, 11) is 0. The van der Waals surface area contributed by atoms with Gasteiger partial charge in [0.2, 0.25) is 0 Å². The quantitative estimate of drug-likeness (QED) is 0.361. The normalized spacial score (nSPS) is 17.3. The smallest absolute Gasteiger partial charge is 0.337 e. The van der Waals surface area contributed by atoms with Crippen molar-refractivity contribution in [1.82, 2.24) is 4.90 Å². The monoisotopic (exact) mass is 643 g/mol. The van der Waals surface area contributed by atoms with E-state index in [1.54, 1.807) is 36.4 Å². The first-order valence-electron chi connectivity index (χ1n) is 14.5. The number of aromatic carboxylic acids is 1. The molecule has 3 aliphatic heterocycles. The van der Waals surface area contributed by atoms with Crippen LogP contribution in [-0.4, -0.2) is 79.7 Å². The number of benzene rings is 3. The van der Waals surface area contributed by atoms with Crippen molar-refractivity contribution in [2.45, 2.75) is 19.4 Å². The number of hydrogen-bond donors (Lipinski definition) is 2. The molecule has 2 saturated heterocycles. The predicted molar refractivity (Wildman–Crippen MR) is 166 cm³/mol. The number of carbonyl (C=O) groups excluding carboxylic acids is 1. The first-order valence-corrected chi connectivity index (χ1v) is 15.3. The summed E-state index contributed by atoms with van der Waals surface area (Å²) in [5.41, 5.74) is 2.62. The molecule has 2 fully saturated rings. The fourth-order valence-electron chi connectivity index (χ4n) is 6.10. The summed E-state index contributed by atoms with van der Waals surface area (Å²) in [4.78, 5) is 31.1. The Kier molecular flexibility index (Phi) is 8.87. The lowest BCUT2D eigenvalue weighted by Crippen LogP contribution is -2.38. The molecule has 3 heterocycles. The molecule has 12 heteroatoms. The SMILES string of the molecule is O=C(O)c1cc(F)c(-c2cccc3c2OCN(C(=O)c2c(Cl)cc(N4CCC(CO)CC4)cc2Cl)C3)cc1N1CCOCC1. The van der Waals surface area contributed by atoms with Crippen molar-refractivity contribution in [3.63, 3.8) is 0 Å². The van der Waals surface area contributed by atoms with Crippen LogP contribution >= 0.6 is 23.2 Å². The number of carboxylic acid groups (broad SMARTS) is 1. The van der Waals surface area contributed by atoms with Gasteiger partial charge in [0.05, 0.1) is 46.6 Å². The Morgan fingerprint density at radius 3 is 2.32 bits per heavy atom. The zero-order valence-electron chi connectivity index (χ0n) is 23.9. The minimum atomic E-state index is -1.21.